The van der Waals surface area contributed by atoms with Gasteiger partial charge in [0.05, 0.1) is 6.04 Å². The minimum Gasteiger partial charge on any atom is -0.421 e. The molecule has 1 aromatic heterocycles. The van der Waals surface area contributed by atoms with Crippen LogP contribution in [0.1, 0.15) is 50.1 Å². The Morgan fingerprint density at radius 1 is 1.57 bits per heavy atom. The van der Waals surface area contributed by atoms with Gasteiger partial charge in [0.15, 0.2) is 0 Å². The van der Waals surface area contributed by atoms with Gasteiger partial charge in [-0.05, 0) is 19.3 Å². The summed E-state index contributed by atoms with van der Waals surface area (Å²) in [5.74, 6) is 1.08. The van der Waals surface area contributed by atoms with Crippen molar-refractivity contribution in [3.63, 3.8) is 0 Å². The molecule has 2 atom stereocenters. The molecule has 0 aromatic carbocycles. The van der Waals surface area contributed by atoms with E-state index in [4.69, 9.17) is 14.9 Å². The number of aromatic nitrogens is 2. The maximum Gasteiger partial charge on any atom is 0.245 e. The lowest BCUT2D eigenvalue weighted by Gasteiger charge is -2.03. The Kier molecular flexibility index (Phi) is 2.79. The zero-order valence-corrected chi connectivity index (χ0v) is 8.27. The minimum atomic E-state index is -0.155. The average molecular weight is 197 g/mol. The minimum absolute atomic E-state index is 0.0136. The van der Waals surface area contributed by atoms with Gasteiger partial charge in [-0.15, -0.1) is 10.2 Å². The Hall–Kier alpha value is -0.940. The summed E-state index contributed by atoms with van der Waals surface area (Å²) in [7, 11) is 0. The highest BCUT2D eigenvalue weighted by Gasteiger charge is 2.24. The second-order valence-corrected chi connectivity index (χ2v) is 3.49. The molecule has 1 fully saturated rings. The second-order valence-electron chi connectivity index (χ2n) is 3.49. The molecule has 1 aliphatic rings. The highest BCUT2D eigenvalue weighted by molar-refractivity contribution is 4.92. The van der Waals surface area contributed by atoms with Crippen molar-refractivity contribution >= 4 is 0 Å². The summed E-state index contributed by atoms with van der Waals surface area (Å²) < 4.78 is 10.9. The summed E-state index contributed by atoms with van der Waals surface area (Å²) >= 11 is 0. The van der Waals surface area contributed by atoms with Gasteiger partial charge in [-0.2, -0.15) is 0 Å². The van der Waals surface area contributed by atoms with E-state index in [2.05, 4.69) is 10.2 Å². The van der Waals surface area contributed by atoms with Crippen LogP contribution in [0.3, 0.4) is 0 Å². The molecule has 0 saturated carbocycles. The second kappa shape index (κ2) is 4.06. The Morgan fingerprint density at radius 3 is 3.07 bits per heavy atom. The molecule has 2 heterocycles. The van der Waals surface area contributed by atoms with Crippen molar-refractivity contribution in [1.82, 2.24) is 10.2 Å². The van der Waals surface area contributed by atoms with Crippen LogP contribution in [0.4, 0.5) is 0 Å². The van der Waals surface area contributed by atoms with E-state index in [1.807, 2.05) is 6.92 Å². The van der Waals surface area contributed by atoms with Crippen molar-refractivity contribution in [3.8, 4) is 0 Å². The highest BCUT2D eigenvalue weighted by Crippen LogP contribution is 2.28. The SMILES string of the molecule is CCC(N)c1nnc(C2CCCO2)o1. The number of ether oxygens (including phenoxy) is 1. The average Bonchev–Trinajstić information content (AvgIpc) is 2.86. The molecular weight excluding hydrogens is 182 g/mol. The lowest BCUT2D eigenvalue weighted by Crippen LogP contribution is -2.08. The number of rotatable bonds is 3. The van der Waals surface area contributed by atoms with Gasteiger partial charge in [0, 0.05) is 6.61 Å². The molecule has 1 aromatic rings. The molecule has 0 radical (unpaired) electrons. The highest BCUT2D eigenvalue weighted by atomic mass is 16.5. The zero-order chi connectivity index (χ0) is 9.97. The lowest BCUT2D eigenvalue weighted by molar-refractivity contribution is 0.0876. The molecule has 78 valence electrons. The summed E-state index contributed by atoms with van der Waals surface area (Å²) in [6.07, 6.45) is 2.80. The largest absolute Gasteiger partial charge is 0.421 e. The smallest absolute Gasteiger partial charge is 0.245 e. The van der Waals surface area contributed by atoms with E-state index in [0.717, 1.165) is 25.9 Å². The molecule has 0 aliphatic carbocycles. The van der Waals surface area contributed by atoms with Crippen LogP contribution in [0.15, 0.2) is 4.42 Å². The van der Waals surface area contributed by atoms with Gasteiger partial charge in [-0.3, -0.25) is 0 Å². The van der Waals surface area contributed by atoms with Crippen molar-refractivity contribution in [2.75, 3.05) is 6.61 Å². The number of nitrogens with two attached hydrogens (primary N) is 1. The number of hydrogen-bond donors (Lipinski definition) is 1. The maximum atomic E-state index is 5.77. The molecule has 5 nitrogen and oxygen atoms in total. The number of nitrogens with zero attached hydrogens (tertiary/aromatic N) is 2. The van der Waals surface area contributed by atoms with Gasteiger partial charge >= 0.3 is 0 Å². The Bertz CT molecular complexity index is 294. The van der Waals surface area contributed by atoms with Crippen LogP contribution >= 0.6 is 0 Å². The summed E-state index contributed by atoms with van der Waals surface area (Å²) in [5.41, 5.74) is 5.77. The normalized spacial score (nSPS) is 24.0. The summed E-state index contributed by atoms with van der Waals surface area (Å²) in [4.78, 5) is 0. The molecule has 0 bridgehead atoms. The van der Waals surface area contributed by atoms with Crippen LogP contribution in [-0.2, 0) is 4.74 Å². The molecule has 5 heteroatoms. The molecule has 2 rings (SSSR count). The van der Waals surface area contributed by atoms with Gasteiger partial charge < -0.3 is 14.9 Å². The van der Waals surface area contributed by atoms with Gasteiger partial charge in [0.2, 0.25) is 11.8 Å². The molecule has 14 heavy (non-hydrogen) atoms. The zero-order valence-electron chi connectivity index (χ0n) is 8.27. The maximum absolute atomic E-state index is 5.77. The van der Waals surface area contributed by atoms with Crippen LogP contribution in [0.2, 0.25) is 0 Å². The molecule has 1 aliphatic heterocycles. The first-order valence-corrected chi connectivity index (χ1v) is 5.01. The van der Waals surface area contributed by atoms with Crippen LogP contribution in [-0.4, -0.2) is 16.8 Å². The topological polar surface area (TPSA) is 74.2 Å². The molecule has 0 spiro atoms. The van der Waals surface area contributed by atoms with Crippen LogP contribution in [0.25, 0.3) is 0 Å². The first kappa shape index (κ1) is 9.61. The fourth-order valence-corrected chi connectivity index (χ4v) is 1.47. The number of hydrogen-bond acceptors (Lipinski definition) is 5. The molecule has 0 amide bonds. The Labute approximate surface area is 82.6 Å². The van der Waals surface area contributed by atoms with Gasteiger partial charge in [0.25, 0.3) is 0 Å². The fourth-order valence-electron chi connectivity index (χ4n) is 1.47. The predicted octanol–water partition coefficient (Wildman–Crippen LogP) is 1.33. The van der Waals surface area contributed by atoms with E-state index < -0.39 is 0 Å². The van der Waals surface area contributed by atoms with E-state index in [0.29, 0.717) is 11.8 Å². The lowest BCUT2D eigenvalue weighted by atomic mass is 10.2. The summed E-state index contributed by atoms with van der Waals surface area (Å²) in [6.45, 7) is 2.77. The van der Waals surface area contributed by atoms with Gasteiger partial charge in [-0.1, -0.05) is 6.92 Å². The molecular formula is C9H15N3O2. The van der Waals surface area contributed by atoms with Crippen LogP contribution in [0, 0.1) is 0 Å². The summed E-state index contributed by atoms with van der Waals surface area (Å²) in [5, 5.41) is 7.86. The van der Waals surface area contributed by atoms with E-state index in [9.17, 15) is 0 Å². The molecule has 1 saturated heterocycles. The molecule has 2 unspecified atom stereocenters. The third kappa shape index (κ3) is 1.78. The quantitative estimate of drug-likeness (QED) is 0.791. The van der Waals surface area contributed by atoms with Gasteiger partial charge in [-0.25, -0.2) is 0 Å². The Morgan fingerprint density at radius 2 is 2.43 bits per heavy atom. The third-order valence-electron chi connectivity index (χ3n) is 2.42. The summed E-state index contributed by atoms with van der Waals surface area (Å²) in [6, 6.07) is -0.155. The van der Waals surface area contributed by atoms with E-state index >= 15 is 0 Å². The van der Waals surface area contributed by atoms with E-state index in [1.54, 1.807) is 0 Å². The monoisotopic (exact) mass is 197 g/mol. The van der Waals surface area contributed by atoms with Crippen molar-refractivity contribution in [2.24, 2.45) is 5.73 Å². The first-order chi connectivity index (χ1) is 6.81. The van der Waals surface area contributed by atoms with Crippen molar-refractivity contribution in [2.45, 2.75) is 38.3 Å². The standard InChI is InChI=1S/C9H15N3O2/c1-2-6(10)8-11-12-9(14-8)7-4-3-5-13-7/h6-7H,2-5,10H2,1H3. The van der Waals surface area contributed by atoms with Crippen LogP contribution < -0.4 is 5.73 Å². The first-order valence-electron chi connectivity index (χ1n) is 5.01. The van der Waals surface area contributed by atoms with Gasteiger partial charge in [0.1, 0.15) is 6.10 Å². The van der Waals surface area contributed by atoms with E-state index in [-0.39, 0.29) is 12.1 Å². The van der Waals surface area contributed by atoms with Crippen molar-refractivity contribution in [3.05, 3.63) is 11.8 Å². The van der Waals surface area contributed by atoms with Crippen LogP contribution in [0.5, 0.6) is 0 Å². The van der Waals surface area contributed by atoms with E-state index in [1.165, 1.54) is 0 Å². The van der Waals surface area contributed by atoms with Crippen molar-refractivity contribution < 1.29 is 9.15 Å². The molecule has 2 N–H and O–H groups in total. The fraction of sp³-hybridized carbons (Fsp3) is 0.778. The Balaban J connectivity index is 2.08. The van der Waals surface area contributed by atoms with Crippen molar-refractivity contribution in [1.29, 1.82) is 0 Å². The predicted molar refractivity (Wildman–Crippen MR) is 49.4 cm³/mol. The third-order valence-corrected chi connectivity index (χ3v) is 2.42.